The summed E-state index contributed by atoms with van der Waals surface area (Å²) in [5.74, 6) is 1.96. The van der Waals surface area contributed by atoms with Crippen LogP contribution in [0.2, 0.25) is 0 Å². The molecule has 1 aliphatic rings. The smallest absolute Gasteiger partial charge is 0.193 e. The lowest BCUT2D eigenvalue weighted by atomic mass is 9.59. The number of carbonyl (C=O) groups is 1. The average Bonchev–Trinajstić information content (AvgIpc) is 3.22. The van der Waals surface area contributed by atoms with Crippen LogP contribution in [0, 0.1) is 0 Å². The van der Waals surface area contributed by atoms with E-state index in [-0.39, 0.29) is 5.78 Å². The summed E-state index contributed by atoms with van der Waals surface area (Å²) >= 11 is 0. The van der Waals surface area contributed by atoms with Crippen LogP contribution >= 0.6 is 0 Å². The zero-order valence-corrected chi connectivity index (χ0v) is 27.6. The Hall–Kier alpha value is -6.78. The Bertz CT molecular complexity index is 2400. The summed E-state index contributed by atoms with van der Waals surface area (Å²) in [6.45, 7) is 0. The normalized spacial score (nSPS) is 12.9. The summed E-state index contributed by atoms with van der Waals surface area (Å²) in [6, 6.07) is 63.8. The number of carbonyl (C=O) groups excluding carboxylic acids is 1. The first-order valence-corrected chi connectivity index (χ1v) is 17.1. The molecule has 9 rings (SSSR count). The minimum Gasteiger partial charge on any atom is -0.289 e. The number of aromatic nitrogens is 3. The van der Waals surface area contributed by atoms with Crippen molar-refractivity contribution in [1.29, 1.82) is 0 Å². The Morgan fingerprint density at radius 1 is 0.314 bits per heavy atom. The fourth-order valence-corrected chi connectivity index (χ4v) is 7.45. The van der Waals surface area contributed by atoms with Crippen LogP contribution < -0.4 is 0 Å². The number of hydrogen-bond donors (Lipinski definition) is 0. The van der Waals surface area contributed by atoms with E-state index in [1.807, 2.05) is 103 Å². The van der Waals surface area contributed by atoms with Crippen molar-refractivity contribution in [2.75, 3.05) is 0 Å². The molecule has 1 aliphatic carbocycles. The number of rotatable bonds is 6. The van der Waals surface area contributed by atoms with Crippen LogP contribution in [0.1, 0.15) is 38.2 Å². The number of fused-ring (bicyclic) bond motifs is 2. The second kappa shape index (κ2) is 12.6. The number of nitrogens with zero attached hydrogens (tertiary/aromatic N) is 3. The summed E-state index contributed by atoms with van der Waals surface area (Å²) in [5.41, 5.74) is 10.0. The molecule has 1 heterocycles. The van der Waals surface area contributed by atoms with Crippen LogP contribution in [0.15, 0.2) is 188 Å². The van der Waals surface area contributed by atoms with E-state index >= 15 is 0 Å². The Kier molecular flexibility index (Phi) is 7.48. The Balaban J connectivity index is 1.12. The molecular formula is C47H31N3O. The van der Waals surface area contributed by atoms with E-state index in [4.69, 9.17) is 15.0 Å². The quantitative estimate of drug-likeness (QED) is 0.179. The van der Waals surface area contributed by atoms with Gasteiger partial charge in [-0.05, 0) is 33.4 Å². The third-order valence-corrected chi connectivity index (χ3v) is 9.85. The van der Waals surface area contributed by atoms with Gasteiger partial charge in [0.25, 0.3) is 0 Å². The van der Waals surface area contributed by atoms with Gasteiger partial charge in [0.15, 0.2) is 23.3 Å². The first-order chi connectivity index (χ1) is 25.2. The Labute approximate surface area is 296 Å². The Morgan fingerprint density at radius 2 is 0.647 bits per heavy atom. The molecule has 0 N–H and O–H groups in total. The summed E-state index contributed by atoms with van der Waals surface area (Å²) in [6.07, 6.45) is 0. The van der Waals surface area contributed by atoms with Crippen molar-refractivity contribution in [2.45, 2.75) is 5.41 Å². The molecule has 4 nitrogen and oxygen atoms in total. The monoisotopic (exact) mass is 653 g/mol. The summed E-state index contributed by atoms with van der Waals surface area (Å²) in [5, 5.41) is 0. The lowest BCUT2D eigenvalue weighted by molar-refractivity contribution is 0.103. The van der Waals surface area contributed by atoms with Gasteiger partial charge in [-0.1, -0.05) is 188 Å². The van der Waals surface area contributed by atoms with Crippen molar-refractivity contribution >= 4 is 5.78 Å². The summed E-state index contributed by atoms with van der Waals surface area (Å²) in [4.78, 5) is 28.4. The maximum absolute atomic E-state index is 13.8. The summed E-state index contributed by atoms with van der Waals surface area (Å²) in [7, 11) is 0. The van der Waals surface area contributed by atoms with Gasteiger partial charge in [-0.2, -0.15) is 0 Å². The van der Waals surface area contributed by atoms with Gasteiger partial charge in [0.1, 0.15) is 0 Å². The van der Waals surface area contributed by atoms with Gasteiger partial charge >= 0.3 is 0 Å². The third-order valence-electron chi connectivity index (χ3n) is 9.85. The van der Waals surface area contributed by atoms with E-state index in [1.165, 1.54) is 0 Å². The van der Waals surface area contributed by atoms with Crippen molar-refractivity contribution in [3.63, 3.8) is 0 Å². The van der Waals surface area contributed by atoms with E-state index in [1.54, 1.807) is 0 Å². The molecule has 0 amide bonds. The second-order valence-electron chi connectivity index (χ2n) is 12.7. The molecule has 0 fully saturated rings. The molecule has 0 aliphatic heterocycles. The molecule has 0 atom stereocenters. The minimum atomic E-state index is -0.656. The number of benzene rings is 7. The fraction of sp³-hybridized carbons (Fsp3) is 0.0213. The molecule has 240 valence electrons. The van der Waals surface area contributed by atoms with Gasteiger partial charge in [0.05, 0.1) is 5.41 Å². The molecule has 0 bridgehead atoms. The molecular weight excluding hydrogens is 623 g/mol. The van der Waals surface area contributed by atoms with E-state index in [0.29, 0.717) is 17.5 Å². The average molecular weight is 654 g/mol. The third kappa shape index (κ3) is 5.17. The van der Waals surface area contributed by atoms with Gasteiger partial charge < -0.3 is 0 Å². The predicted molar refractivity (Wildman–Crippen MR) is 203 cm³/mol. The first kappa shape index (κ1) is 30.3. The van der Waals surface area contributed by atoms with Gasteiger partial charge in [0.2, 0.25) is 0 Å². The van der Waals surface area contributed by atoms with Gasteiger partial charge in [-0.25, -0.2) is 15.0 Å². The number of hydrogen-bond acceptors (Lipinski definition) is 4. The van der Waals surface area contributed by atoms with Crippen LogP contribution in [-0.2, 0) is 5.41 Å². The molecule has 0 radical (unpaired) electrons. The van der Waals surface area contributed by atoms with Crippen LogP contribution in [0.3, 0.4) is 0 Å². The molecule has 4 heteroatoms. The van der Waals surface area contributed by atoms with Crippen molar-refractivity contribution < 1.29 is 4.79 Å². The topological polar surface area (TPSA) is 55.7 Å². The zero-order chi connectivity index (χ0) is 34.2. The molecule has 8 aromatic rings. The highest BCUT2D eigenvalue weighted by Gasteiger charge is 2.46. The lowest BCUT2D eigenvalue weighted by Gasteiger charge is -2.41. The molecule has 0 spiro atoms. The van der Waals surface area contributed by atoms with Crippen LogP contribution in [0.25, 0.3) is 45.3 Å². The number of ketones is 1. The zero-order valence-electron chi connectivity index (χ0n) is 27.6. The first-order valence-electron chi connectivity index (χ1n) is 17.1. The van der Waals surface area contributed by atoms with Crippen molar-refractivity contribution in [3.05, 3.63) is 221 Å². The van der Waals surface area contributed by atoms with E-state index in [2.05, 4.69) is 84.9 Å². The molecule has 0 unspecified atom stereocenters. The molecule has 0 saturated carbocycles. The second-order valence-corrected chi connectivity index (χ2v) is 12.7. The van der Waals surface area contributed by atoms with Crippen molar-refractivity contribution in [2.24, 2.45) is 0 Å². The maximum atomic E-state index is 13.8. The van der Waals surface area contributed by atoms with Crippen molar-refractivity contribution in [3.8, 4) is 45.3 Å². The molecule has 51 heavy (non-hydrogen) atoms. The van der Waals surface area contributed by atoms with E-state index in [9.17, 15) is 4.79 Å². The molecule has 7 aromatic carbocycles. The molecule has 1 aromatic heterocycles. The highest BCUT2D eigenvalue weighted by atomic mass is 16.1. The summed E-state index contributed by atoms with van der Waals surface area (Å²) < 4.78 is 0. The fourth-order valence-electron chi connectivity index (χ4n) is 7.45. The van der Waals surface area contributed by atoms with Crippen LogP contribution in [0.5, 0.6) is 0 Å². The van der Waals surface area contributed by atoms with Gasteiger partial charge in [-0.15, -0.1) is 0 Å². The van der Waals surface area contributed by atoms with E-state index in [0.717, 1.165) is 61.2 Å². The van der Waals surface area contributed by atoms with E-state index < -0.39 is 5.41 Å². The van der Waals surface area contributed by atoms with Crippen molar-refractivity contribution in [1.82, 2.24) is 15.0 Å². The highest BCUT2D eigenvalue weighted by molar-refractivity contribution is 6.14. The highest BCUT2D eigenvalue weighted by Crippen LogP contribution is 2.50. The van der Waals surface area contributed by atoms with Crippen LogP contribution in [0.4, 0.5) is 0 Å². The maximum Gasteiger partial charge on any atom is 0.193 e. The SMILES string of the molecule is O=C1c2ccccc2C(c2ccccc2)(c2ccc(-c3ccc(-c4nc(-c5ccccc5)nc(-c5ccccc5)n4)cc3)cc2)c2ccccc21. The van der Waals surface area contributed by atoms with Gasteiger partial charge in [-0.3, -0.25) is 4.79 Å². The minimum absolute atomic E-state index is 0.0643. The Morgan fingerprint density at radius 3 is 1.12 bits per heavy atom. The largest absolute Gasteiger partial charge is 0.289 e. The standard InChI is InChI=1S/C47H31N3O/c51-43-39-20-10-12-22-41(39)47(37-18-8-3-9-19-37,42-23-13-11-21-40(42)43)38-30-28-33(29-31-38)32-24-26-36(27-25-32)46-49-44(34-14-4-1-5-15-34)48-45(50-46)35-16-6-2-7-17-35/h1-31H. The lowest BCUT2D eigenvalue weighted by Crippen LogP contribution is -2.38. The predicted octanol–water partition coefficient (Wildman–Crippen LogP) is 10.5. The molecule has 0 saturated heterocycles. The van der Waals surface area contributed by atoms with Crippen LogP contribution in [-0.4, -0.2) is 20.7 Å². The van der Waals surface area contributed by atoms with Gasteiger partial charge in [0, 0.05) is 27.8 Å².